The number of amides is 1. The Morgan fingerprint density at radius 1 is 1.64 bits per heavy atom. The van der Waals surface area contributed by atoms with Crippen LogP contribution in [0.4, 0.5) is 13.2 Å². The topological polar surface area (TPSA) is 46.3 Å². The van der Waals surface area contributed by atoms with Gasteiger partial charge >= 0.3 is 6.18 Å². The summed E-state index contributed by atoms with van der Waals surface area (Å²) in [6.07, 6.45) is -4.49. The van der Waals surface area contributed by atoms with E-state index in [4.69, 9.17) is 5.73 Å². The fraction of sp³-hybridized carbons (Fsp3) is 0.571. The number of hydrogen-bond donors (Lipinski definition) is 1. The standard InChI is InChI=1S/C7H9F3N2OS/c1-2-12-3-14-5(7(8,9)10)4(12)6(11)13/h2-3H2,1H3,(H2,11,13). The Morgan fingerprint density at radius 3 is 2.57 bits per heavy atom. The van der Waals surface area contributed by atoms with Crippen molar-refractivity contribution in [2.75, 3.05) is 12.4 Å². The number of rotatable bonds is 2. The molecule has 2 N–H and O–H groups in total. The number of nitrogens with zero attached hydrogens (tertiary/aromatic N) is 1. The number of nitrogens with two attached hydrogens (primary N) is 1. The molecule has 0 atom stereocenters. The first-order valence-electron chi connectivity index (χ1n) is 3.87. The first-order chi connectivity index (χ1) is 6.38. The molecule has 0 fully saturated rings. The summed E-state index contributed by atoms with van der Waals surface area (Å²) in [5, 5.41) is 0. The molecule has 1 amide bonds. The van der Waals surface area contributed by atoms with Gasteiger partial charge in [0.15, 0.2) is 0 Å². The third kappa shape index (κ3) is 1.97. The highest BCUT2D eigenvalue weighted by atomic mass is 32.2. The molecule has 1 heterocycles. The van der Waals surface area contributed by atoms with Gasteiger partial charge in [-0.15, -0.1) is 0 Å². The van der Waals surface area contributed by atoms with Gasteiger partial charge in [-0.3, -0.25) is 4.79 Å². The fourth-order valence-corrected chi connectivity index (χ4v) is 2.28. The first kappa shape index (κ1) is 11.2. The van der Waals surface area contributed by atoms with Gasteiger partial charge in [0.2, 0.25) is 0 Å². The zero-order valence-corrected chi connectivity index (χ0v) is 8.21. The number of allylic oxidation sites excluding steroid dienone is 1. The highest BCUT2D eigenvalue weighted by Gasteiger charge is 2.43. The summed E-state index contributed by atoms with van der Waals surface area (Å²) in [5.74, 6) is -0.895. The minimum absolute atomic E-state index is 0.129. The lowest BCUT2D eigenvalue weighted by Gasteiger charge is -2.16. The van der Waals surface area contributed by atoms with Crippen molar-refractivity contribution in [3.8, 4) is 0 Å². The van der Waals surface area contributed by atoms with Gasteiger partial charge in [0.25, 0.3) is 5.91 Å². The average molecular weight is 226 g/mol. The van der Waals surface area contributed by atoms with E-state index in [-0.39, 0.29) is 5.88 Å². The Labute approximate surface area is 83.1 Å². The molecule has 0 bridgehead atoms. The lowest BCUT2D eigenvalue weighted by molar-refractivity contribution is -0.117. The van der Waals surface area contributed by atoms with Crippen LogP contribution < -0.4 is 5.73 Å². The number of likely N-dealkylation sites (N-methyl/N-ethyl adjacent to an activating group) is 1. The van der Waals surface area contributed by atoms with Crippen molar-refractivity contribution in [2.45, 2.75) is 13.1 Å². The predicted molar refractivity (Wildman–Crippen MR) is 47.1 cm³/mol. The van der Waals surface area contributed by atoms with Crippen molar-refractivity contribution in [2.24, 2.45) is 5.73 Å². The normalized spacial score (nSPS) is 17.9. The maximum Gasteiger partial charge on any atom is 0.424 e. The zero-order valence-electron chi connectivity index (χ0n) is 7.39. The van der Waals surface area contributed by atoms with Gasteiger partial charge in [0, 0.05) is 6.54 Å². The quantitative estimate of drug-likeness (QED) is 0.771. The monoisotopic (exact) mass is 226 g/mol. The molecule has 1 aliphatic rings. The van der Waals surface area contributed by atoms with Crippen LogP contribution in [-0.4, -0.2) is 29.4 Å². The molecule has 80 valence electrons. The number of alkyl halides is 3. The van der Waals surface area contributed by atoms with E-state index in [1.54, 1.807) is 6.92 Å². The Morgan fingerprint density at radius 2 is 2.21 bits per heavy atom. The van der Waals surface area contributed by atoms with Crippen LogP contribution in [0.3, 0.4) is 0 Å². The molecule has 14 heavy (non-hydrogen) atoms. The summed E-state index contributed by atoms with van der Waals surface area (Å²) in [5.41, 5.74) is 4.49. The first-order valence-corrected chi connectivity index (χ1v) is 4.85. The summed E-state index contributed by atoms with van der Waals surface area (Å²) < 4.78 is 37.1. The van der Waals surface area contributed by atoms with Gasteiger partial charge < -0.3 is 10.6 Å². The van der Waals surface area contributed by atoms with Crippen molar-refractivity contribution < 1.29 is 18.0 Å². The van der Waals surface area contributed by atoms with Crippen LogP contribution in [0.1, 0.15) is 6.92 Å². The van der Waals surface area contributed by atoms with E-state index in [0.29, 0.717) is 18.3 Å². The van der Waals surface area contributed by atoms with Crippen LogP contribution >= 0.6 is 11.8 Å². The highest BCUT2D eigenvalue weighted by molar-refractivity contribution is 8.03. The zero-order chi connectivity index (χ0) is 10.9. The molecule has 1 aliphatic heterocycles. The van der Waals surface area contributed by atoms with Gasteiger partial charge in [0.05, 0.1) is 5.88 Å². The third-order valence-electron chi connectivity index (χ3n) is 1.77. The van der Waals surface area contributed by atoms with Gasteiger partial charge in [-0.1, -0.05) is 11.8 Å². The molecular formula is C7H9F3N2OS. The minimum atomic E-state index is -4.49. The average Bonchev–Trinajstić information content (AvgIpc) is 2.45. The number of thioether (sulfide) groups is 1. The van der Waals surface area contributed by atoms with E-state index in [1.165, 1.54) is 4.90 Å². The Bertz CT molecular complexity index is 287. The van der Waals surface area contributed by atoms with E-state index < -0.39 is 22.7 Å². The van der Waals surface area contributed by atoms with E-state index in [9.17, 15) is 18.0 Å². The second-order valence-corrected chi connectivity index (χ2v) is 3.62. The minimum Gasteiger partial charge on any atom is -0.364 e. The Balaban J connectivity index is 3.10. The molecule has 0 spiro atoms. The van der Waals surface area contributed by atoms with Crippen molar-refractivity contribution >= 4 is 17.7 Å². The van der Waals surface area contributed by atoms with Crippen LogP contribution in [-0.2, 0) is 4.79 Å². The Hall–Kier alpha value is -0.850. The van der Waals surface area contributed by atoms with Crippen molar-refractivity contribution in [3.63, 3.8) is 0 Å². The molecule has 0 aliphatic carbocycles. The summed E-state index contributed by atoms with van der Waals surface area (Å²) in [6.45, 7) is 2.01. The van der Waals surface area contributed by atoms with Gasteiger partial charge in [0.1, 0.15) is 10.6 Å². The summed E-state index contributed by atoms with van der Waals surface area (Å²) in [7, 11) is 0. The number of hydrogen-bond acceptors (Lipinski definition) is 3. The fourth-order valence-electron chi connectivity index (χ4n) is 1.15. The largest absolute Gasteiger partial charge is 0.424 e. The maximum atomic E-state index is 12.4. The van der Waals surface area contributed by atoms with Crippen LogP contribution in [0.5, 0.6) is 0 Å². The van der Waals surface area contributed by atoms with Crippen LogP contribution in [0, 0.1) is 0 Å². The molecule has 0 unspecified atom stereocenters. The van der Waals surface area contributed by atoms with Crippen molar-refractivity contribution in [3.05, 3.63) is 10.6 Å². The Kier molecular flexibility index (Phi) is 2.98. The molecule has 1 rings (SSSR count). The second kappa shape index (κ2) is 3.72. The van der Waals surface area contributed by atoms with E-state index in [2.05, 4.69) is 0 Å². The predicted octanol–water partition coefficient (Wildman–Crippen LogP) is 1.27. The molecule has 0 radical (unpaired) electrons. The number of carbonyl (C=O) groups excluding carboxylic acids is 1. The summed E-state index contributed by atoms with van der Waals surface area (Å²) >= 11 is 0.598. The van der Waals surface area contributed by atoms with Crippen LogP contribution in [0.15, 0.2) is 10.6 Å². The number of halogens is 3. The SMILES string of the molecule is CCN1CSC(C(F)(F)F)=C1C(N)=O. The third-order valence-corrected chi connectivity index (χ3v) is 2.92. The van der Waals surface area contributed by atoms with Crippen molar-refractivity contribution in [1.29, 1.82) is 0 Å². The molecule has 0 saturated heterocycles. The summed E-state index contributed by atoms with van der Waals surface area (Å²) in [4.78, 5) is 11.3. The number of primary amides is 1. The smallest absolute Gasteiger partial charge is 0.364 e. The van der Waals surface area contributed by atoms with Gasteiger partial charge in [-0.25, -0.2) is 0 Å². The maximum absolute atomic E-state index is 12.4. The lowest BCUT2D eigenvalue weighted by Crippen LogP contribution is -2.30. The highest BCUT2D eigenvalue weighted by Crippen LogP contribution is 2.42. The van der Waals surface area contributed by atoms with Crippen molar-refractivity contribution in [1.82, 2.24) is 4.90 Å². The number of carbonyl (C=O) groups is 1. The molecule has 0 saturated carbocycles. The van der Waals surface area contributed by atoms with E-state index in [1.807, 2.05) is 0 Å². The molecular weight excluding hydrogens is 217 g/mol. The van der Waals surface area contributed by atoms with E-state index in [0.717, 1.165) is 0 Å². The second-order valence-electron chi connectivity index (χ2n) is 2.67. The summed E-state index contributed by atoms with van der Waals surface area (Å²) in [6, 6.07) is 0. The van der Waals surface area contributed by atoms with Gasteiger partial charge in [-0.2, -0.15) is 13.2 Å². The molecule has 0 aromatic heterocycles. The lowest BCUT2D eigenvalue weighted by atomic mass is 10.3. The van der Waals surface area contributed by atoms with Crippen LogP contribution in [0.25, 0.3) is 0 Å². The molecule has 3 nitrogen and oxygen atoms in total. The molecule has 0 aromatic rings. The van der Waals surface area contributed by atoms with Crippen LogP contribution in [0.2, 0.25) is 0 Å². The molecule has 0 aromatic carbocycles. The van der Waals surface area contributed by atoms with E-state index >= 15 is 0 Å². The molecule has 7 heteroatoms. The van der Waals surface area contributed by atoms with Gasteiger partial charge in [-0.05, 0) is 6.92 Å².